The fourth-order valence-corrected chi connectivity index (χ4v) is 1.49. The lowest BCUT2D eigenvalue weighted by Crippen LogP contribution is -2.56. The standard InChI is InChI=1S/C10H20O2/c1-9(2,3)12-8-6-7(11)10(8,4)5/h7-8,11H,6H2,1-5H3/t7-,8+/m0/s1. The highest BCUT2D eigenvalue weighted by Crippen LogP contribution is 2.44. The Morgan fingerprint density at radius 1 is 1.33 bits per heavy atom. The third-order valence-corrected chi connectivity index (χ3v) is 2.62. The smallest absolute Gasteiger partial charge is 0.0682 e. The van der Waals surface area contributed by atoms with Gasteiger partial charge in [0.2, 0.25) is 0 Å². The van der Waals surface area contributed by atoms with E-state index in [-0.39, 0.29) is 23.2 Å². The molecule has 1 fully saturated rings. The van der Waals surface area contributed by atoms with Gasteiger partial charge >= 0.3 is 0 Å². The Kier molecular flexibility index (Phi) is 2.26. The van der Waals surface area contributed by atoms with Gasteiger partial charge in [0.1, 0.15) is 0 Å². The van der Waals surface area contributed by atoms with Gasteiger partial charge in [-0.05, 0) is 20.8 Å². The number of hydrogen-bond acceptors (Lipinski definition) is 2. The molecular formula is C10H20O2. The SMILES string of the molecule is CC(C)(C)O[C@@H]1C[C@H](O)C1(C)C. The maximum atomic E-state index is 9.46. The zero-order chi connectivity index (χ0) is 9.57. The van der Waals surface area contributed by atoms with Crippen LogP contribution < -0.4 is 0 Å². The van der Waals surface area contributed by atoms with Crippen LogP contribution in [0.4, 0.5) is 0 Å². The van der Waals surface area contributed by atoms with Crippen LogP contribution in [-0.4, -0.2) is 22.9 Å². The number of aliphatic hydroxyl groups is 1. The van der Waals surface area contributed by atoms with Crippen molar-refractivity contribution in [1.29, 1.82) is 0 Å². The van der Waals surface area contributed by atoms with E-state index >= 15 is 0 Å². The largest absolute Gasteiger partial charge is 0.392 e. The monoisotopic (exact) mass is 172 g/mol. The van der Waals surface area contributed by atoms with Gasteiger partial charge in [0, 0.05) is 11.8 Å². The second-order valence-corrected chi connectivity index (χ2v) is 5.29. The van der Waals surface area contributed by atoms with E-state index in [9.17, 15) is 5.11 Å². The maximum Gasteiger partial charge on any atom is 0.0682 e. The molecule has 0 radical (unpaired) electrons. The van der Waals surface area contributed by atoms with Crippen LogP contribution in [-0.2, 0) is 4.74 Å². The Labute approximate surface area is 74.9 Å². The summed E-state index contributed by atoms with van der Waals surface area (Å²) in [5.41, 5.74) is -0.157. The molecule has 1 N–H and O–H groups in total. The van der Waals surface area contributed by atoms with E-state index in [1.54, 1.807) is 0 Å². The molecule has 0 bridgehead atoms. The van der Waals surface area contributed by atoms with Crippen LogP contribution in [0, 0.1) is 5.41 Å². The summed E-state index contributed by atoms with van der Waals surface area (Å²) in [5.74, 6) is 0. The van der Waals surface area contributed by atoms with Gasteiger partial charge in [0.05, 0.1) is 17.8 Å². The normalized spacial score (nSPS) is 34.5. The van der Waals surface area contributed by atoms with Crippen molar-refractivity contribution in [1.82, 2.24) is 0 Å². The predicted octanol–water partition coefficient (Wildman–Crippen LogP) is 1.96. The van der Waals surface area contributed by atoms with Gasteiger partial charge in [-0.3, -0.25) is 0 Å². The van der Waals surface area contributed by atoms with Gasteiger partial charge in [0.25, 0.3) is 0 Å². The van der Waals surface area contributed by atoms with Crippen LogP contribution >= 0.6 is 0 Å². The molecule has 1 aliphatic rings. The molecular weight excluding hydrogens is 152 g/mol. The average molecular weight is 172 g/mol. The van der Waals surface area contributed by atoms with Gasteiger partial charge in [-0.1, -0.05) is 13.8 Å². The number of aliphatic hydroxyl groups excluding tert-OH is 1. The molecule has 0 saturated heterocycles. The minimum absolute atomic E-state index is 0.0622. The molecule has 2 heteroatoms. The molecule has 2 nitrogen and oxygen atoms in total. The van der Waals surface area contributed by atoms with Gasteiger partial charge < -0.3 is 9.84 Å². The molecule has 0 aromatic rings. The first kappa shape index (κ1) is 10.0. The van der Waals surface area contributed by atoms with E-state index < -0.39 is 0 Å². The summed E-state index contributed by atoms with van der Waals surface area (Å²) < 4.78 is 5.80. The summed E-state index contributed by atoms with van der Waals surface area (Å²) in [7, 11) is 0. The summed E-state index contributed by atoms with van der Waals surface area (Å²) in [5, 5.41) is 9.46. The molecule has 2 atom stereocenters. The Morgan fingerprint density at radius 2 is 1.83 bits per heavy atom. The van der Waals surface area contributed by atoms with Crippen molar-refractivity contribution in [2.75, 3.05) is 0 Å². The van der Waals surface area contributed by atoms with Crippen LogP contribution in [0.3, 0.4) is 0 Å². The van der Waals surface area contributed by atoms with Crippen LogP contribution in [0.5, 0.6) is 0 Å². The molecule has 0 aromatic heterocycles. The summed E-state index contributed by atoms with van der Waals surface area (Å²) in [4.78, 5) is 0. The number of rotatable bonds is 1. The van der Waals surface area contributed by atoms with Crippen LogP contribution in [0.25, 0.3) is 0 Å². The molecule has 0 heterocycles. The van der Waals surface area contributed by atoms with Crippen molar-refractivity contribution in [2.24, 2.45) is 5.41 Å². The fraction of sp³-hybridized carbons (Fsp3) is 1.00. The maximum absolute atomic E-state index is 9.46. The van der Waals surface area contributed by atoms with E-state index in [2.05, 4.69) is 13.8 Å². The summed E-state index contributed by atoms with van der Waals surface area (Å²) in [6.45, 7) is 10.3. The van der Waals surface area contributed by atoms with E-state index in [1.807, 2.05) is 20.8 Å². The molecule has 0 amide bonds. The number of ether oxygens (including phenoxy) is 1. The van der Waals surface area contributed by atoms with Gasteiger partial charge in [-0.25, -0.2) is 0 Å². The van der Waals surface area contributed by atoms with Gasteiger partial charge in [0.15, 0.2) is 0 Å². The molecule has 12 heavy (non-hydrogen) atoms. The first-order chi connectivity index (χ1) is 5.23. The molecule has 0 aliphatic heterocycles. The Morgan fingerprint density at radius 3 is 2.08 bits per heavy atom. The van der Waals surface area contributed by atoms with Crippen molar-refractivity contribution in [3.63, 3.8) is 0 Å². The van der Waals surface area contributed by atoms with Crippen molar-refractivity contribution in [3.8, 4) is 0 Å². The Hall–Kier alpha value is -0.0800. The van der Waals surface area contributed by atoms with Crippen molar-refractivity contribution < 1.29 is 9.84 Å². The van der Waals surface area contributed by atoms with E-state index in [1.165, 1.54) is 0 Å². The van der Waals surface area contributed by atoms with Crippen LogP contribution in [0.2, 0.25) is 0 Å². The minimum Gasteiger partial charge on any atom is -0.392 e. The average Bonchev–Trinajstić information content (AvgIpc) is 1.84. The molecule has 1 rings (SSSR count). The zero-order valence-corrected chi connectivity index (χ0v) is 8.72. The molecule has 1 saturated carbocycles. The summed E-state index contributed by atoms with van der Waals surface area (Å²) in [6, 6.07) is 0. The van der Waals surface area contributed by atoms with Crippen molar-refractivity contribution in [3.05, 3.63) is 0 Å². The predicted molar refractivity (Wildman–Crippen MR) is 49.0 cm³/mol. The fourth-order valence-electron chi connectivity index (χ4n) is 1.49. The molecule has 0 spiro atoms. The van der Waals surface area contributed by atoms with Crippen LogP contribution in [0.1, 0.15) is 41.0 Å². The van der Waals surface area contributed by atoms with Crippen molar-refractivity contribution in [2.45, 2.75) is 58.8 Å². The molecule has 1 aliphatic carbocycles. The molecule has 72 valence electrons. The highest BCUT2D eigenvalue weighted by molar-refractivity contribution is 4.98. The highest BCUT2D eigenvalue weighted by Gasteiger charge is 2.49. The topological polar surface area (TPSA) is 29.5 Å². The summed E-state index contributed by atoms with van der Waals surface area (Å²) >= 11 is 0. The lowest BCUT2D eigenvalue weighted by Gasteiger charge is -2.50. The Bertz CT molecular complexity index is 167. The lowest BCUT2D eigenvalue weighted by molar-refractivity contribution is -0.212. The van der Waals surface area contributed by atoms with E-state index in [0.29, 0.717) is 0 Å². The third-order valence-electron chi connectivity index (χ3n) is 2.62. The molecule has 0 aromatic carbocycles. The number of hydrogen-bond donors (Lipinski definition) is 1. The first-order valence-corrected chi connectivity index (χ1v) is 4.59. The Balaban J connectivity index is 2.48. The second-order valence-electron chi connectivity index (χ2n) is 5.29. The minimum atomic E-state index is -0.190. The first-order valence-electron chi connectivity index (χ1n) is 4.59. The second kappa shape index (κ2) is 2.71. The third kappa shape index (κ3) is 1.80. The molecule has 0 unspecified atom stereocenters. The zero-order valence-electron chi connectivity index (χ0n) is 8.72. The van der Waals surface area contributed by atoms with Crippen molar-refractivity contribution >= 4 is 0 Å². The van der Waals surface area contributed by atoms with E-state index in [4.69, 9.17) is 4.74 Å². The highest BCUT2D eigenvalue weighted by atomic mass is 16.5. The van der Waals surface area contributed by atoms with Gasteiger partial charge in [-0.15, -0.1) is 0 Å². The quantitative estimate of drug-likeness (QED) is 0.655. The lowest BCUT2D eigenvalue weighted by atomic mass is 9.66. The van der Waals surface area contributed by atoms with Crippen LogP contribution in [0.15, 0.2) is 0 Å². The van der Waals surface area contributed by atoms with Gasteiger partial charge in [-0.2, -0.15) is 0 Å². The summed E-state index contributed by atoms with van der Waals surface area (Å²) in [6.07, 6.45) is 0.807. The van der Waals surface area contributed by atoms with E-state index in [0.717, 1.165) is 6.42 Å².